The first-order valence-electron chi connectivity index (χ1n) is 6.50. The van der Waals surface area contributed by atoms with Gasteiger partial charge in [0.2, 0.25) is 0 Å². The van der Waals surface area contributed by atoms with Crippen LogP contribution in [0.3, 0.4) is 0 Å². The lowest BCUT2D eigenvalue weighted by atomic mass is 10.1. The van der Waals surface area contributed by atoms with Gasteiger partial charge >= 0.3 is 5.97 Å². The molecule has 1 aliphatic heterocycles. The molecule has 5 heteroatoms. The number of hydrogen-bond acceptors (Lipinski definition) is 3. The summed E-state index contributed by atoms with van der Waals surface area (Å²) in [5.74, 6) is -1.05. The molecule has 1 unspecified atom stereocenters. The molecule has 20 heavy (non-hydrogen) atoms. The quantitative estimate of drug-likeness (QED) is 0.813. The van der Waals surface area contributed by atoms with Crippen molar-refractivity contribution in [2.75, 3.05) is 19.8 Å². The SMILES string of the molecule is O=C(O)C=Cc1ccc(COCC2CCOC2)c(F)c1. The number of benzene rings is 1. The van der Waals surface area contributed by atoms with E-state index in [4.69, 9.17) is 14.6 Å². The molecule has 0 aromatic heterocycles. The molecule has 4 nitrogen and oxygen atoms in total. The lowest BCUT2D eigenvalue weighted by molar-refractivity contribution is -0.131. The third kappa shape index (κ3) is 4.43. The van der Waals surface area contributed by atoms with E-state index >= 15 is 0 Å². The maximum absolute atomic E-state index is 13.8. The Morgan fingerprint density at radius 1 is 1.55 bits per heavy atom. The van der Waals surface area contributed by atoms with Crippen molar-refractivity contribution in [3.05, 3.63) is 41.2 Å². The van der Waals surface area contributed by atoms with Crippen molar-refractivity contribution in [3.63, 3.8) is 0 Å². The van der Waals surface area contributed by atoms with Gasteiger partial charge < -0.3 is 14.6 Å². The van der Waals surface area contributed by atoms with E-state index in [9.17, 15) is 9.18 Å². The third-order valence-electron chi connectivity index (χ3n) is 3.13. The lowest BCUT2D eigenvalue weighted by Crippen LogP contribution is -2.09. The standard InChI is InChI=1S/C15H17FO4/c16-14-7-11(2-4-15(17)18)1-3-13(14)10-20-9-12-5-6-19-8-12/h1-4,7,12H,5-6,8-10H2,(H,17,18). The Hall–Kier alpha value is -1.72. The van der Waals surface area contributed by atoms with Crippen molar-refractivity contribution < 1.29 is 23.8 Å². The zero-order chi connectivity index (χ0) is 14.4. The molecule has 1 N–H and O–H groups in total. The highest BCUT2D eigenvalue weighted by Crippen LogP contribution is 2.16. The van der Waals surface area contributed by atoms with E-state index in [0.717, 1.165) is 19.1 Å². The average Bonchev–Trinajstić information content (AvgIpc) is 2.92. The molecule has 0 amide bonds. The summed E-state index contributed by atoms with van der Waals surface area (Å²) in [6.07, 6.45) is 3.32. The zero-order valence-corrected chi connectivity index (χ0v) is 11.0. The van der Waals surface area contributed by atoms with Crippen LogP contribution in [0.4, 0.5) is 4.39 Å². The molecule has 0 radical (unpaired) electrons. The Morgan fingerprint density at radius 3 is 3.05 bits per heavy atom. The number of carboxylic acids is 1. The highest BCUT2D eigenvalue weighted by molar-refractivity contribution is 5.85. The summed E-state index contributed by atoms with van der Waals surface area (Å²) in [6, 6.07) is 4.58. The highest BCUT2D eigenvalue weighted by atomic mass is 19.1. The Bertz CT molecular complexity index is 493. The lowest BCUT2D eigenvalue weighted by Gasteiger charge is -2.09. The van der Waals surface area contributed by atoms with Crippen molar-refractivity contribution in [2.45, 2.75) is 13.0 Å². The van der Waals surface area contributed by atoms with Crippen LogP contribution in [0.5, 0.6) is 0 Å². The van der Waals surface area contributed by atoms with E-state index in [1.807, 2.05) is 0 Å². The van der Waals surface area contributed by atoms with Crippen LogP contribution in [0, 0.1) is 11.7 Å². The number of ether oxygens (including phenoxy) is 2. The zero-order valence-electron chi connectivity index (χ0n) is 11.0. The molecule has 0 bridgehead atoms. The fourth-order valence-electron chi connectivity index (χ4n) is 2.00. The number of aliphatic carboxylic acids is 1. The van der Waals surface area contributed by atoms with Gasteiger partial charge in [-0.1, -0.05) is 12.1 Å². The second kappa shape index (κ2) is 7.17. The molecule has 108 valence electrons. The first-order valence-corrected chi connectivity index (χ1v) is 6.50. The van der Waals surface area contributed by atoms with Crippen molar-refractivity contribution >= 4 is 12.0 Å². The number of carbonyl (C=O) groups is 1. The largest absolute Gasteiger partial charge is 0.478 e. The number of hydrogen-bond donors (Lipinski definition) is 1. The summed E-state index contributed by atoms with van der Waals surface area (Å²) in [5.41, 5.74) is 0.981. The minimum atomic E-state index is -1.06. The van der Waals surface area contributed by atoms with Gasteiger partial charge in [-0.3, -0.25) is 0 Å². The van der Waals surface area contributed by atoms with Crippen molar-refractivity contribution in [1.29, 1.82) is 0 Å². The third-order valence-corrected chi connectivity index (χ3v) is 3.13. The first-order chi connectivity index (χ1) is 9.65. The maximum Gasteiger partial charge on any atom is 0.328 e. The van der Waals surface area contributed by atoms with E-state index in [1.165, 1.54) is 12.1 Å². The molecule has 1 heterocycles. The number of carboxylic acid groups (broad SMARTS) is 1. The topological polar surface area (TPSA) is 55.8 Å². The van der Waals surface area contributed by atoms with Crippen LogP contribution < -0.4 is 0 Å². The van der Waals surface area contributed by atoms with E-state index < -0.39 is 5.97 Å². The van der Waals surface area contributed by atoms with E-state index in [2.05, 4.69) is 0 Å². The van der Waals surface area contributed by atoms with Gasteiger partial charge in [0, 0.05) is 24.2 Å². The monoisotopic (exact) mass is 280 g/mol. The van der Waals surface area contributed by atoms with Crippen LogP contribution in [0.1, 0.15) is 17.5 Å². The molecule has 0 saturated carbocycles. The molecule has 1 saturated heterocycles. The van der Waals surface area contributed by atoms with Gasteiger partial charge in [0.05, 0.1) is 19.8 Å². The maximum atomic E-state index is 13.8. The Morgan fingerprint density at radius 2 is 2.40 bits per heavy atom. The minimum Gasteiger partial charge on any atom is -0.478 e. The molecule has 1 aromatic carbocycles. The van der Waals surface area contributed by atoms with E-state index in [1.54, 1.807) is 12.1 Å². The second-order valence-electron chi connectivity index (χ2n) is 4.77. The van der Waals surface area contributed by atoms with Crippen LogP contribution in [-0.2, 0) is 20.9 Å². The normalized spacial score (nSPS) is 18.8. The van der Waals surface area contributed by atoms with Gasteiger partial charge in [0.15, 0.2) is 0 Å². The molecule has 0 aliphatic carbocycles. The van der Waals surface area contributed by atoms with Gasteiger partial charge in [-0.15, -0.1) is 0 Å². The summed E-state index contributed by atoms with van der Waals surface area (Å²) in [5, 5.41) is 8.51. The summed E-state index contributed by atoms with van der Waals surface area (Å²) in [7, 11) is 0. The average molecular weight is 280 g/mol. The smallest absolute Gasteiger partial charge is 0.328 e. The Kier molecular flexibility index (Phi) is 5.26. The van der Waals surface area contributed by atoms with Crippen LogP contribution in [0.25, 0.3) is 6.08 Å². The predicted molar refractivity (Wildman–Crippen MR) is 71.7 cm³/mol. The molecule has 1 atom stereocenters. The van der Waals surface area contributed by atoms with E-state index in [-0.39, 0.29) is 12.4 Å². The van der Waals surface area contributed by atoms with Crippen molar-refractivity contribution in [3.8, 4) is 0 Å². The summed E-state index contributed by atoms with van der Waals surface area (Å²) in [4.78, 5) is 10.4. The van der Waals surface area contributed by atoms with Crippen molar-refractivity contribution in [2.24, 2.45) is 5.92 Å². The van der Waals surface area contributed by atoms with Gasteiger partial charge in [-0.2, -0.15) is 0 Å². The van der Waals surface area contributed by atoms with Gasteiger partial charge in [-0.25, -0.2) is 9.18 Å². The highest BCUT2D eigenvalue weighted by Gasteiger charge is 2.15. The molecule has 1 fully saturated rings. The van der Waals surface area contributed by atoms with Gasteiger partial charge in [0.1, 0.15) is 5.82 Å². The molecular weight excluding hydrogens is 263 g/mol. The number of rotatable bonds is 6. The summed E-state index contributed by atoms with van der Waals surface area (Å²) in [6.45, 7) is 2.26. The Balaban J connectivity index is 1.86. The summed E-state index contributed by atoms with van der Waals surface area (Å²) < 4.78 is 24.5. The molecule has 0 spiro atoms. The molecule has 1 aromatic rings. The van der Waals surface area contributed by atoms with Crippen molar-refractivity contribution in [1.82, 2.24) is 0 Å². The van der Waals surface area contributed by atoms with Gasteiger partial charge in [0.25, 0.3) is 0 Å². The molecular formula is C15H17FO4. The van der Waals surface area contributed by atoms with Gasteiger partial charge in [-0.05, 0) is 24.1 Å². The number of halogens is 1. The van der Waals surface area contributed by atoms with Crippen LogP contribution in [0.15, 0.2) is 24.3 Å². The molecule has 2 rings (SSSR count). The second-order valence-corrected chi connectivity index (χ2v) is 4.77. The fraction of sp³-hybridized carbons (Fsp3) is 0.400. The summed E-state index contributed by atoms with van der Waals surface area (Å²) >= 11 is 0. The fourth-order valence-corrected chi connectivity index (χ4v) is 2.00. The Labute approximate surface area is 116 Å². The van der Waals surface area contributed by atoms with Crippen LogP contribution in [-0.4, -0.2) is 30.9 Å². The molecule has 1 aliphatic rings. The predicted octanol–water partition coefficient (Wildman–Crippen LogP) is 2.48. The first kappa shape index (κ1) is 14.7. The van der Waals surface area contributed by atoms with Crippen LogP contribution in [0.2, 0.25) is 0 Å². The minimum absolute atomic E-state index is 0.214. The van der Waals surface area contributed by atoms with E-state index in [0.29, 0.717) is 30.3 Å². The van der Waals surface area contributed by atoms with Crippen LogP contribution >= 0.6 is 0 Å².